The van der Waals surface area contributed by atoms with Gasteiger partial charge in [0.25, 0.3) is 0 Å². The van der Waals surface area contributed by atoms with Crippen molar-refractivity contribution in [2.24, 2.45) is 5.41 Å². The van der Waals surface area contributed by atoms with Crippen molar-refractivity contribution in [2.75, 3.05) is 19.6 Å². The summed E-state index contributed by atoms with van der Waals surface area (Å²) in [5.41, 5.74) is -0.615. The monoisotopic (exact) mass is 251 g/mol. The zero-order valence-electron chi connectivity index (χ0n) is 9.34. The van der Waals surface area contributed by atoms with Crippen LogP contribution in [0, 0.1) is 5.41 Å². The van der Waals surface area contributed by atoms with Crippen LogP contribution < -0.4 is 0 Å². The summed E-state index contributed by atoms with van der Waals surface area (Å²) < 4.78 is 72.3. The second-order valence-electron chi connectivity index (χ2n) is 4.94. The van der Waals surface area contributed by atoms with Crippen LogP contribution in [0.4, 0.5) is 26.3 Å². The summed E-state index contributed by atoms with van der Waals surface area (Å²) in [5.74, 6) is 0. The average molecular weight is 251 g/mol. The van der Waals surface area contributed by atoms with Gasteiger partial charge in [0, 0.05) is 6.54 Å². The van der Waals surface area contributed by atoms with Crippen molar-refractivity contribution in [1.29, 1.82) is 0 Å². The molecule has 0 aliphatic rings. The van der Waals surface area contributed by atoms with Gasteiger partial charge in [-0.25, -0.2) is 0 Å². The molecule has 0 rings (SSSR count). The number of hydrogen-bond acceptors (Lipinski definition) is 1. The smallest absolute Gasteiger partial charge is 0.286 e. The van der Waals surface area contributed by atoms with Gasteiger partial charge >= 0.3 is 12.4 Å². The van der Waals surface area contributed by atoms with Gasteiger partial charge in [-0.15, -0.1) is 0 Å². The molecule has 98 valence electrons. The molecule has 0 aliphatic carbocycles. The predicted octanol–water partition coefficient (Wildman–Crippen LogP) is 3.46. The van der Waals surface area contributed by atoms with E-state index in [2.05, 4.69) is 0 Å². The van der Waals surface area contributed by atoms with Gasteiger partial charge in [-0.05, 0) is 5.41 Å². The van der Waals surface area contributed by atoms with Crippen LogP contribution in [0.3, 0.4) is 0 Å². The highest BCUT2D eigenvalue weighted by Gasteiger charge is 2.38. The number of halogens is 6. The highest BCUT2D eigenvalue weighted by atomic mass is 19.4. The van der Waals surface area contributed by atoms with Crippen molar-refractivity contribution < 1.29 is 26.3 Å². The summed E-state index contributed by atoms with van der Waals surface area (Å²) in [6.45, 7) is 1.44. The largest absolute Gasteiger partial charge is 0.401 e. The van der Waals surface area contributed by atoms with Crippen molar-refractivity contribution in [2.45, 2.75) is 33.1 Å². The fourth-order valence-electron chi connectivity index (χ4n) is 1.35. The molecule has 0 saturated carbocycles. The Hall–Kier alpha value is -0.460. The third-order valence-corrected chi connectivity index (χ3v) is 1.50. The second-order valence-corrected chi connectivity index (χ2v) is 4.94. The minimum Gasteiger partial charge on any atom is -0.286 e. The molecule has 16 heavy (non-hydrogen) atoms. The SMILES string of the molecule is CC(C)(C)CN(CC(F)(F)F)CC(F)(F)F. The molecular weight excluding hydrogens is 236 g/mol. The van der Waals surface area contributed by atoms with Gasteiger partial charge in [0.15, 0.2) is 0 Å². The molecule has 0 N–H and O–H groups in total. The van der Waals surface area contributed by atoms with Crippen LogP contribution in [0.1, 0.15) is 20.8 Å². The third kappa shape index (κ3) is 10.1. The van der Waals surface area contributed by atoms with E-state index >= 15 is 0 Å². The van der Waals surface area contributed by atoms with E-state index in [-0.39, 0.29) is 6.54 Å². The number of hydrogen-bond donors (Lipinski definition) is 0. The van der Waals surface area contributed by atoms with Crippen LogP contribution >= 0.6 is 0 Å². The molecule has 0 spiro atoms. The van der Waals surface area contributed by atoms with E-state index in [0.717, 1.165) is 0 Å². The molecule has 7 heteroatoms. The van der Waals surface area contributed by atoms with Gasteiger partial charge < -0.3 is 0 Å². The topological polar surface area (TPSA) is 3.24 Å². The minimum atomic E-state index is -4.61. The van der Waals surface area contributed by atoms with Gasteiger partial charge in [0.1, 0.15) is 0 Å². The molecule has 0 fully saturated rings. The van der Waals surface area contributed by atoms with Gasteiger partial charge in [-0.2, -0.15) is 26.3 Å². The summed E-state index contributed by atoms with van der Waals surface area (Å²) in [5, 5.41) is 0. The molecule has 1 nitrogen and oxygen atoms in total. The van der Waals surface area contributed by atoms with Crippen molar-refractivity contribution in [3.8, 4) is 0 Å². The number of alkyl halides is 6. The highest BCUT2D eigenvalue weighted by Crippen LogP contribution is 2.25. The molecule has 0 radical (unpaired) electrons. The Kier molecular flexibility index (Phi) is 4.67. The molecule has 0 aromatic heterocycles. The van der Waals surface area contributed by atoms with Gasteiger partial charge in [0.2, 0.25) is 0 Å². The maximum absolute atomic E-state index is 12.0. The Morgan fingerprint density at radius 2 is 1.00 bits per heavy atom. The van der Waals surface area contributed by atoms with Crippen LogP contribution in [0.15, 0.2) is 0 Å². The first-order chi connectivity index (χ1) is 6.79. The molecule has 0 aromatic rings. The lowest BCUT2D eigenvalue weighted by atomic mass is 9.96. The molecule has 0 aliphatic heterocycles. The maximum atomic E-state index is 12.0. The normalized spacial score (nSPS) is 14.6. The lowest BCUT2D eigenvalue weighted by molar-refractivity contribution is -0.183. The predicted molar refractivity (Wildman–Crippen MR) is 48.0 cm³/mol. The third-order valence-electron chi connectivity index (χ3n) is 1.50. The first-order valence-electron chi connectivity index (χ1n) is 4.64. The highest BCUT2D eigenvalue weighted by molar-refractivity contribution is 4.73. The Labute approximate surface area is 90.4 Å². The standard InChI is InChI=1S/C9H15F6N/c1-7(2,3)4-16(5-8(10,11)12)6-9(13,14)15/h4-6H2,1-3H3. The van der Waals surface area contributed by atoms with Gasteiger partial charge in [-0.3, -0.25) is 4.90 Å². The van der Waals surface area contributed by atoms with Crippen LogP contribution in [-0.2, 0) is 0 Å². The fourth-order valence-corrected chi connectivity index (χ4v) is 1.35. The average Bonchev–Trinajstić information content (AvgIpc) is 1.70. The summed E-state index contributed by atoms with van der Waals surface area (Å²) in [4.78, 5) is 0.375. The van der Waals surface area contributed by atoms with E-state index in [9.17, 15) is 26.3 Å². The lowest BCUT2D eigenvalue weighted by Crippen LogP contribution is -2.44. The number of nitrogens with zero attached hydrogens (tertiary/aromatic N) is 1. The van der Waals surface area contributed by atoms with E-state index in [1.807, 2.05) is 0 Å². The van der Waals surface area contributed by atoms with E-state index in [1.54, 1.807) is 20.8 Å². The molecule has 0 atom stereocenters. The second kappa shape index (κ2) is 4.81. The van der Waals surface area contributed by atoms with E-state index in [1.165, 1.54) is 0 Å². The van der Waals surface area contributed by atoms with E-state index < -0.39 is 30.9 Å². The van der Waals surface area contributed by atoms with Crippen molar-refractivity contribution >= 4 is 0 Å². The molecule has 0 saturated heterocycles. The van der Waals surface area contributed by atoms with Crippen molar-refractivity contribution in [1.82, 2.24) is 4.90 Å². The van der Waals surface area contributed by atoms with Gasteiger partial charge in [0.05, 0.1) is 13.1 Å². The van der Waals surface area contributed by atoms with Crippen molar-refractivity contribution in [3.63, 3.8) is 0 Å². The molecular formula is C9H15F6N. The van der Waals surface area contributed by atoms with Crippen LogP contribution in [0.2, 0.25) is 0 Å². The van der Waals surface area contributed by atoms with Gasteiger partial charge in [-0.1, -0.05) is 20.8 Å². The first-order valence-corrected chi connectivity index (χ1v) is 4.64. The minimum absolute atomic E-state index is 0.258. The van der Waals surface area contributed by atoms with E-state index in [4.69, 9.17) is 0 Å². The fraction of sp³-hybridized carbons (Fsp3) is 1.00. The number of rotatable bonds is 3. The quantitative estimate of drug-likeness (QED) is 0.694. The lowest BCUT2D eigenvalue weighted by Gasteiger charge is -2.30. The summed E-state index contributed by atoms with van der Waals surface area (Å²) in [6, 6.07) is 0. The molecule has 0 amide bonds. The van der Waals surface area contributed by atoms with Crippen LogP contribution in [0.5, 0.6) is 0 Å². The van der Waals surface area contributed by atoms with Crippen LogP contribution in [0.25, 0.3) is 0 Å². The molecule has 0 unspecified atom stereocenters. The Bertz CT molecular complexity index is 173. The first kappa shape index (κ1) is 15.5. The molecule has 0 aromatic carbocycles. The Morgan fingerprint density at radius 3 is 1.19 bits per heavy atom. The summed E-state index contributed by atoms with van der Waals surface area (Å²) >= 11 is 0. The zero-order valence-corrected chi connectivity index (χ0v) is 9.34. The Morgan fingerprint density at radius 1 is 0.688 bits per heavy atom. The molecule has 0 heterocycles. The zero-order chi connectivity index (χ0) is 13.2. The maximum Gasteiger partial charge on any atom is 0.401 e. The van der Waals surface area contributed by atoms with Crippen molar-refractivity contribution in [3.05, 3.63) is 0 Å². The summed E-state index contributed by atoms with van der Waals surface area (Å²) in [7, 11) is 0. The van der Waals surface area contributed by atoms with E-state index in [0.29, 0.717) is 4.90 Å². The Balaban J connectivity index is 4.53. The van der Waals surface area contributed by atoms with Crippen LogP contribution in [-0.4, -0.2) is 36.9 Å². The molecule has 0 bridgehead atoms. The summed E-state index contributed by atoms with van der Waals surface area (Å²) in [6.07, 6.45) is -9.23.